The van der Waals surface area contributed by atoms with Crippen LogP contribution in [0, 0.1) is 0 Å². The second-order valence-corrected chi connectivity index (χ2v) is 12.0. The van der Waals surface area contributed by atoms with E-state index in [1.54, 1.807) is 13.8 Å². The van der Waals surface area contributed by atoms with E-state index in [9.17, 15) is 5.11 Å². The highest BCUT2D eigenvalue weighted by Gasteiger charge is 2.55. The van der Waals surface area contributed by atoms with E-state index >= 15 is 0 Å². The topological polar surface area (TPSA) is 51.2 Å². The molecule has 1 spiro atoms. The Labute approximate surface area is 195 Å². The minimum Gasteiger partial charge on any atom is -0.427 e. The van der Waals surface area contributed by atoms with Gasteiger partial charge in [-0.15, -0.1) is 0 Å². The van der Waals surface area contributed by atoms with Gasteiger partial charge in [-0.25, -0.2) is 0 Å². The van der Waals surface area contributed by atoms with Crippen LogP contribution in [0.5, 0.6) is 0 Å². The molecule has 1 aromatic carbocycles. The summed E-state index contributed by atoms with van der Waals surface area (Å²) in [5, 5.41) is 10.5. The Hall–Kier alpha value is -0.850. The van der Waals surface area contributed by atoms with E-state index in [-0.39, 0.29) is 23.9 Å². The third-order valence-corrected chi connectivity index (χ3v) is 8.91. The number of hydrogen-bond acceptors (Lipinski definition) is 5. The maximum atomic E-state index is 10.5. The van der Waals surface area contributed by atoms with Crippen LogP contribution in [0.1, 0.15) is 85.8 Å². The number of rotatable bonds is 5. The third-order valence-electron chi connectivity index (χ3n) is 8.91. The molecule has 1 N–H and O–H groups in total. The first-order valence-corrected chi connectivity index (χ1v) is 12.1. The van der Waals surface area contributed by atoms with Crippen LogP contribution in [-0.2, 0) is 25.9 Å². The van der Waals surface area contributed by atoms with Gasteiger partial charge in [-0.05, 0) is 111 Å². The van der Waals surface area contributed by atoms with Gasteiger partial charge in [0.05, 0.1) is 22.4 Å². The molecule has 2 saturated heterocycles. The summed E-state index contributed by atoms with van der Waals surface area (Å²) in [6.45, 7) is 17.0. The summed E-state index contributed by atoms with van der Waals surface area (Å²) in [5.41, 5.74) is 2.58. The molecule has 32 heavy (non-hydrogen) atoms. The highest BCUT2D eigenvalue weighted by Crippen LogP contribution is 2.47. The molecular formula is C25H40B2NO4. The van der Waals surface area contributed by atoms with E-state index in [4.69, 9.17) is 14.0 Å². The Balaban J connectivity index is 1.75. The van der Waals surface area contributed by atoms with Crippen molar-refractivity contribution in [3.63, 3.8) is 0 Å². The summed E-state index contributed by atoms with van der Waals surface area (Å²) < 4.78 is 19.2. The molecule has 0 saturated carbocycles. The van der Waals surface area contributed by atoms with Crippen LogP contribution in [0.2, 0.25) is 0 Å². The average molecular weight is 440 g/mol. The highest BCUT2D eigenvalue weighted by atomic mass is 16.7. The smallest absolute Gasteiger partial charge is 0.427 e. The second-order valence-electron chi connectivity index (χ2n) is 12.0. The fourth-order valence-corrected chi connectivity index (χ4v) is 5.23. The molecule has 2 heterocycles. The summed E-state index contributed by atoms with van der Waals surface area (Å²) in [7, 11) is 3.72. The van der Waals surface area contributed by atoms with E-state index in [1.807, 2.05) is 21.3 Å². The number of nitrogens with zero attached hydrogens (tertiary/aromatic N) is 1. The van der Waals surface area contributed by atoms with Crippen molar-refractivity contribution in [1.29, 1.82) is 0 Å². The number of aliphatic hydroxyl groups is 1. The normalized spacial score (nSPS) is 27.4. The van der Waals surface area contributed by atoms with Crippen molar-refractivity contribution < 1.29 is 19.1 Å². The molecule has 175 valence electrons. The third kappa shape index (κ3) is 3.69. The van der Waals surface area contributed by atoms with Crippen LogP contribution in [0.3, 0.4) is 0 Å². The maximum Gasteiger partial charge on any atom is 0.495 e. The molecule has 1 aliphatic carbocycles. The average Bonchev–Trinajstić information content (AvgIpc) is 3.28. The Morgan fingerprint density at radius 1 is 1.06 bits per heavy atom. The lowest BCUT2D eigenvalue weighted by Crippen LogP contribution is -2.50. The molecule has 5 nitrogen and oxygen atoms in total. The molecule has 7 heteroatoms. The SMILES string of the molecule is CN1CCCC12CCc1c([B]OC(C)(C)C(C)(C)O)ccc(B3OC(C)(C)C(C)(C)O3)c12. The number of likely N-dealkylation sites (tertiary alicyclic amines) is 1. The van der Waals surface area contributed by atoms with Crippen LogP contribution >= 0.6 is 0 Å². The molecule has 0 amide bonds. The van der Waals surface area contributed by atoms with Gasteiger partial charge < -0.3 is 19.1 Å². The monoisotopic (exact) mass is 440 g/mol. The van der Waals surface area contributed by atoms with E-state index in [0.717, 1.165) is 36.7 Å². The zero-order chi connectivity index (χ0) is 23.7. The Morgan fingerprint density at radius 2 is 1.69 bits per heavy atom. The molecule has 1 unspecified atom stereocenters. The van der Waals surface area contributed by atoms with Crippen molar-refractivity contribution in [1.82, 2.24) is 4.90 Å². The summed E-state index contributed by atoms with van der Waals surface area (Å²) in [6, 6.07) is 4.31. The first-order valence-electron chi connectivity index (χ1n) is 12.1. The van der Waals surface area contributed by atoms with E-state index < -0.39 is 11.2 Å². The molecule has 2 aliphatic heterocycles. The van der Waals surface area contributed by atoms with Gasteiger partial charge in [-0.2, -0.15) is 0 Å². The lowest BCUT2D eigenvalue weighted by molar-refractivity contribution is -0.0893. The fraction of sp³-hybridized carbons (Fsp3) is 0.760. The van der Waals surface area contributed by atoms with Gasteiger partial charge in [0.2, 0.25) is 0 Å². The van der Waals surface area contributed by atoms with Crippen LogP contribution in [-0.4, -0.2) is 60.6 Å². The summed E-state index contributed by atoms with van der Waals surface area (Å²) >= 11 is 0. The minimum atomic E-state index is -0.956. The standard InChI is InChI=1S/C25H40B2NO4/c1-21(2,29)22(3,4)30-26-18-11-12-19(27-31-23(5,6)24(7,8)32-27)20-17(18)13-15-25(20)14-10-16-28(25)9/h11-12,29H,10,13-16H2,1-9H3. The van der Waals surface area contributed by atoms with E-state index in [0.29, 0.717) is 0 Å². The molecular weight excluding hydrogens is 400 g/mol. The predicted molar refractivity (Wildman–Crippen MR) is 131 cm³/mol. The van der Waals surface area contributed by atoms with Crippen molar-refractivity contribution in [2.75, 3.05) is 13.6 Å². The molecule has 3 aliphatic rings. The van der Waals surface area contributed by atoms with Crippen molar-refractivity contribution in [3.05, 3.63) is 23.3 Å². The van der Waals surface area contributed by atoms with Crippen LogP contribution in [0.25, 0.3) is 0 Å². The van der Waals surface area contributed by atoms with Crippen molar-refractivity contribution in [2.24, 2.45) is 0 Å². The van der Waals surface area contributed by atoms with Gasteiger partial charge in [-0.1, -0.05) is 17.6 Å². The highest BCUT2D eigenvalue weighted by molar-refractivity contribution is 6.63. The zero-order valence-corrected chi connectivity index (χ0v) is 21.5. The molecule has 1 radical (unpaired) electrons. The van der Waals surface area contributed by atoms with Gasteiger partial charge in [-0.3, -0.25) is 4.90 Å². The predicted octanol–water partition coefficient (Wildman–Crippen LogP) is 2.66. The lowest BCUT2D eigenvalue weighted by atomic mass is 9.68. The van der Waals surface area contributed by atoms with Crippen LogP contribution < -0.4 is 10.9 Å². The van der Waals surface area contributed by atoms with Gasteiger partial charge in [0.15, 0.2) is 0 Å². The number of hydrogen-bond donors (Lipinski definition) is 1. The number of benzene rings is 1. The molecule has 1 atom stereocenters. The Kier molecular flexibility index (Phi) is 5.75. The van der Waals surface area contributed by atoms with Crippen molar-refractivity contribution in [3.8, 4) is 0 Å². The van der Waals surface area contributed by atoms with E-state index in [2.05, 4.69) is 51.8 Å². The summed E-state index contributed by atoms with van der Waals surface area (Å²) in [4.78, 5) is 2.53. The van der Waals surface area contributed by atoms with Crippen LogP contribution in [0.4, 0.5) is 0 Å². The van der Waals surface area contributed by atoms with Crippen molar-refractivity contribution in [2.45, 2.75) is 109 Å². The molecule has 4 rings (SSSR count). The summed E-state index contributed by atoms with van der Waals surface area (Å²) in [5.74, 6) is 0. The molecule has 0 aromatic heterocycles. The largest absolute Gasteiger partial charge is 0.495 e. The zero-order valence-electron chi connectivity index (χ0n) is 21.5. The van der Waals surface area contributed by atoms with Gasteiger partial charge in [0, 0.05) is 5.54 Å². The molecule has 0 bridgehead atoms. The lowest BCUT2D eigenvalue weighted by Gasteiger charge is -2.38. The number of fused-ring (bicyclic) bond motifs is 2. The van der Waals surface area contributed by atoms with Gasteiger partial charge in [0.1, 0.15) is 0 Å². The van der Waals surface area contributed by atoms with Gasteiger partial charge in [0.25, 0.3) is 0 Å². The first-order chi connectivity index (χ1) is 14.6. The Bertz CT molecular complexity index is 877. The van der Waals surface area contributed by atoms with Crippen LogP contribution in [0.15, 0.2) is 12.1 Å². The van der Waals surface area contributed by atoms with E-state index in [1.165, 1.54) is 17.5 Å². The minimum absolute atomic E-state index is 0.0316. The molecule has 1 aromatic rings. The van der Waals surface area contributed by atoms with Gasteiger partial charge >= 0.3 is 14.6 Å². The first kappa shape index (κ1) is 24.3. The summed E-state index contributed by atoms with van der Waals surface area (Å²) in [6.07, 6.45) is 4.47. The Morgan fingerprint density at radius 3 is 2.22 bits per heavy atom. The quantitative estimate of drug-likeness (QED) is 0.714. The fourth-order valence-electron chi connectivity index (χ4n) is 5.23. The van der Waals surface area contributed by atoms with Crippen molar-refractivity contribution >= 4 is 25.5 Å². The molecule has 2 fully saturated rings. The second kappa shape index (κ2) is 7.58. The maximum absolute atomic E-state index is 10.5.